The molecule has 0 aromatic carbocycles. The fraction of sp³-hybridized carbons (Fsp3) is 0.429. The molecule has 3 N–H and O–H groups in total. The average Bonchev–Trinajstić information content (AvgIpc) is 3.33. The predicted molar refractivity (Wildman–Crippen MR) is 113 cm³/mol. The van der Waals surface area contributed by atoms with Crippen molar-refractivity contribution in [2.75, 3.05) is 23.7 Å². The van der Waals surface area contributed by atoms with Gasteiger partial charge in [-0.05, 0) is 56.7 Å². The van der Waals surface area contributed by atoms with E-state index in [0.29, 0.717) is 18.8 Å². The lowest BCUT2D eigenvalue weighted by atomic mass is 9.99. The van der Waals surface area contributed by atoms with E-state index in [2.05, 4.69) is 20.3 Å². The molecule has 0 saturated carbocycles. The number of nitrogen functional groups attached to an aromatic ring is 1. The lowest BCUT2D eigenvalue weighted by Gasteiger charge is -2.27. The van der Waals surface area contributed by atoms with E-state index < -0.39 is 0 Å². The highest BCUT2D eigenvalue weighted by atomic mass is 19.1. The lowest BCUT2D eigenvalue weighted by molar-refractivity contribution is -0.109. The molecule has 1 atom stereocenters. The Balaban J connectivity index is 1.61. The monoisotopic (exact) mass is 411 g/mol. The van der Waals surface area contributed by atoms with E-state index in [1.165, 1.54) is 6.20 Å². The Hall–Kier alpha value is -3.23. The zero-order valence-electron chi connectivity index (χ0n) is 17.0. The molecule has 1 aliphatic heterocycles. The van der Waals surface area contributed by atoms with E-state index in [0.717, 1.165) is 66.9 Å². The van der Waals surface area contributed by atoms with Crippen LogP contribution in [0.4, 0.5) is 16.0 Å². The molecular weight excluding hydrogens is 385 g/mol. The number of rotatable bonds is 8. The summed E-state index contributed by atoms with van der Waals surface area (Å²) in [5.74, 6) is 0.975. The molecule has 3 aromatic heterocycles. The minimum Gasteiger partial charge on any atom is -0.382 e. The number of pyridine rings is 1. The first-order valence-corrected chi connectivity index (χ1v) is 10.3. The molecule has 4 rings (SSSR count). The molecule has 9 heteroatoms. The van der Waals surface area contributed by atoms with Crippen molar-refractivity contribution in [1.29, 1.82) is 0 Å². The van der Waals surface area contributed by atoms with Gasteiger partial charge in [0.2, 0.25) is 6.41 Å². The second-order valence-electron chi connectivity index (χ2n) is 7.63. The number of halogens is 1. The molecule has 0 aliphatic carbocycles. The Morgan fingerprint density at radius 1 is 1.40 bits per heavy atom. The highest BCUT2D eigenvalue weighted by Gasteiger charge is 2.30. The molecule has 1 saturated heterocycles. The Morgan fingerprint density at radius 2 is 2.27 bits per heavy atom. The van der Waals surface area contributed by atoms with Crippen molar-refractivity contribution in [3.05, 3.63) is 47.2 Å². The van der Waals surface area contributed by atoms with Gasteiger partial charge in [0.15, 0.2) is 11.5 Å². The van der Waals surface area contributed by atoms with Crippen LogP contribution >= 0.6 is 0 Å². The van der Waals surface area contributed by atoms with E-state index in [1.54, 1.807) is 10.6 Å². The van der Waals surface area contributed by atoms with Gasteiger partial charge in [0, 0.05) is 30.5 Å². The van der Waals surface area contributed by atoms with E-state index in [9.17, 15) is 9.18 Å². The fourth-order valence-corrected chi connectivity index (χ4v) is 4.13. The first-order chi connectivity index (χ1) is 14.6. The minimum atomic E-state index is -0.328. The maximum absolute atomic E-state index is 14.1. The zero-order valence-corrected chi connectivity index (χ0v) is 17.0. The number of aryl methyl sites for hydroxylation is 2. The fourth-order valence-electron chi connectivity index (χ4n) is 4.13. The van der Waals surface area contributed by atoms with E-state index >= 15 is 0 Å². The Bertz CT molecular complexity index is 1050. The van der Waals surface area contributed by atoms with Crippen molar-refractivity contribution in [3.63, 3.8) is 0 Å². The first-order valence-electron chi connectivity index (χ1n) is 10.3. The molecule has 1 fully saturated rings. The summed E-state index contributed by atoms with van der Waals surface area (Å²) in [7, 11) is 0. The molecule has 3 aromatic rings. The SMILES string of the molecule is Cc1c(N)nn2ccc(N3CCCC3c3cc(F)cnc3CCCCNC=O)nc12. The molecule has 1 unspecified atom stereocenters. The minimum absolute atomic E-state index is 0.0202. The largest absolute Gasteiger partial charge is 0.382 e. The Labute approximate surface area is 174 Å². The Morgan fingerprint density at radius 3 is 3.10 bits per heavy atom. The number of nitrogens with zero attached hydrogens (tertiary/aromatic N) is 5. The third kappa shape index (κ3) is 3.92. The average molecular weight is 411 g/mol. The van der Waals surface area contributed by atoms with E-state index in [4.69, 9.17) is 10.7 Å². The van der Waals surface area contributed by atoms with Gasteiger partial charge in [-0.2, -0.15) is 0 Å². The summed E-state index contributed by atoms with van der Waals surface area (Å²) in [6, 6.07) is 3.55. The number of nitrogens with one attached hydrogen (secondary N) is 1. The van der Waals surface area contributed by atoms with Gasteiger partial charge in [0.05, 0.1) is 12.2 Å². The lowest BCUT2D eigenvalue weighted by Crippen LogP contribution is -2.25. The van der Waals surface area contributed by atoms with Gasteiger partial charge in [-0.25, -0.2) is 13.9 Å². The summed E-state index contributed by atoms with van der Waals surface area (Å²) < 4.78 is 15.8. The maximum atomic E-state index is 14.1. The number of hydrogen-bond acceptors (Lipinski definition) is 6. The van der Waals surface area contributed by atoms with Crippen LogP contribution < -0.4 is 16.0 Å². The van der Waals surface area contributed by atoms with Crippen LogP contribution in [-0.4, -0.2) is 39.1 Å². The number of carbonyl (C=O) groups excluding carboxylic acids is 1. The highest BCUT2D eigenvalue weighted by molar-refractivity contribution is 5.61. The summed E-state index contributed by atoms with van der Waals surface area (Å²) in [5, 5.41) is 6.93. The normalized spacial score (nSPS) is 16.3. The summed E-state index contributed by atoms with van der Waals surface area (Å²) in [4.78, 5) is 21.8. The van der Waals surface area contributed by atoms with Crippen molar-refractivity contribution < 1.29 is 9.18 Å². The second kappa shape index (κ2) is 8.64. The van der Waals surface area contributed by atoms with Crippen LogP contribution in [0.25, 0.3) is 5.65 Å². The summed E-state index contributed by atoms with van der Waals surface area (Å²) in [5.41, 5.74) is 9.34. The van der Waals surface area contributed by atoms with Crippen molar-refractivity contribution in [1.82, 2.24) is 24.9 Å². The van der Waals surface area contributed by atoms with Crippen LogP contribution in [-0.2, 0) is 11.2 Å². The van der Waals surface area contributed by atoms with Crippen molar-refractivity contribution in [2.24, 2.45) is 0 Å². The van der Waals surface area contributed by atoms with Crippen molar-refractivity contribution >= 4 is 23.7 Å². The topological polar surface area (TPSA) is 101 Å². The first kappa shape index (κ1) is 20.1. The van der Waals surface area contributed by atoms with Crippen LogP contribution in [0, 0.1) is 12.7 Å². The third-order valence-corrected chi connectivity index (χ3v) is 5.68. The summed E-state index contributed by atoms with van der Waals surface area (Å²) in [6.07, 6.45) is 8.23. The molecule has 0 bridgehead atoms. The summed E-state index contributed by atoms with van der Waals surface area (Å²) in [6.45, 7) is 3.38. The number of aromatic nitrogens is 4. The second-order valence-corrected chi connectivity index (χ2v) is 7.63. The number of amides is 1. The highest BCUT2D eigenvalue weighted by Crippen LogP contribution is 2.37. The van der Waals surface area contributed by atoms with Gasteiger partial charge >= 0.3 is 0 Å². The molecule has 158 valence electrons. The standard InChI is InChI=1S/C21H26FN7O/c1-14-20(23)27-29-10-7-19(26-21(14)29)28-9-4-6-18(28)16-11-15(22)12-25-17(16)5-2-3-8-24-13-30/h7,10-13,18H,2-6,8-9H2,1H3,(H2,23,27)(H,24,30). The molecule has 1 amide bonds. The number of fused-ring (bicyclic) bond motifs is 1. The van der Waals surface area contributed by atoms with Gasteiger partial charge in [-0.1, -0.05) is 0 Å². The number of hydrogen-bond donors (Lipinski definition) is 2. The quantitative estimate of drug-likeness (QED) is 0.436. The molecule has 1 aliphatic rings. The van der Waals surface area contributed by atoms with Gasteiger partial charge in [-0.15, -0.1) is 5.10 Å². The maximum Gasteiger partial charge on any atom is 0.207 e. The molecule has 30 heavy (non-hydrogen) atoms. The number of nitrogens with two attached hydrogens (primary N) is 1. The molecular formula is C21H26FN7O. The number of anilines is 2. The van der Waals surface area contributed by atoms with E-state index in [-0.39, 0.29) is 11.9 Å². The number of carbonyl (C=O) groups is 1. The van der Waals surface area contributed by atoms with E-state index in [1.807, 2.05) is 19.2 Å². The number of unbranched alkanes of at least 4 members (excludes halogenated alkanes) is 1. The van der Waals surface area contributed by atoms with Crippen molar-refractivity contribution in [2.45, 2.75) is 45.1 Å². The zero-order chi connectivity index (χ0) is 21.1. The van der Waals surface area contributed by atoms with Gasteiger partial charge < -0.3 is 16.0 Å². The van der Waals surface area contributed by atoms with Gasteiger partial charge in [0.1, 0.15) is 11.6 Å². The van der Waals surface area contributed by atoms with Gasteiger partial charge in [0.25, 0.3) is 0 Å². The van der Waals surface area contributed by atoms with Crippen molar-refractivity contribution in [3.8, 4) is 0 Å². The predicted octanol–water partition coefficient (Wildman–Crippen LogP) is 2.56. The summed E-state index contributed by atoms with van der Waals surface area (Å²) >= 11 is 0. The third-order valence-electron chi connectivity index (χ3n) is 5.68. The van der Waals surface area contributed by atoms with Crippen LogP contribution in [0.2, 0.25) is 0 Å². The molecule has 4 heterocycles. The van der Waals surface area contributed by atoms with Crippen LogP contribution in [0.3, 0.4) is 0 Å². The molecule has 0 spiro atoms. The Kier molecular flexibility index (Phi) is 5.78. The molecule has 0 radical (unpaired) electrons. The smallest absolute Gasteiger partial charge is 0.207 e. The van der Waals surface area contributed by atoms with Crippen LogP contribution in [0.1, 0.15) is 48.5 Å². The van der Waals surface area contributed by atoms with Crippen LogP contribution in [0.5, 0.6) is 0 Å². The van der Waals surface area contributed by atoms with Crippen LogP contribution in [0.15, 0.2) is 24.5 Å². The van der Waals surface area contributed by atoms with Gasteiger partial charge in [-0.3, -0.25) is 9.78 Å². The molecule has 8 nitrogen and oxygen atoms in total.